The highest BCUT2D eigenvalue weighted by atomic mass is 16.1. The molecule has 0 aliphatic heterocycles. The number of nitrogens with zero attached hydrogens (tertiary/aromatic N) is 3. The number of aromatic nitrogens is 3. The van der Waals surface area contributed by atoms with Crippen molar-refractivity contribution in [3.05, 3.63) is 100 Å². The van der Waals surface area contributed by atoms with Crippen molar-refractivity contribution in [2.75, 3.05) is 5.32 Å². The Hall–Kier alpha value is -3.47. The Bertz CT molecular complexity index is 1170. The number of rotatable bonds is 6. The van der Waals surface area contributed by atoms with E-state index in [2.05, 4.69) is 53.4 Å². The average Bonchev–Trinajstić information content (AvgIpc) is 2.75. The Morgan fingerprint density at radius 1 is 0.966 bits per heavy atom. The van der Waals surface area contributed by atoms with E-state index in [0.29, 0.717) is 24.8 Å². The van der Waals surface area contributed by atoms with Crippen LogP contribution in [0.2, 0.25) is 0 Å². The van der Waals surface area contributed by atoms with Crippen LogP contribution in [0.25, 0.3) is 11.0 Å². The van der Waals surface area contributed by atoms with E-state index < -0.39 is 0 Å². The van der Waals surface area contributed by atoms with Gasteiger partial charge < -0.3 is 5.32 Å². The molecule has 0 saturated carbocycles. The summed E-state index contributed by atoms with van der Waals surface area (Å²) in [5.74, 6) is 0.852. The minimum atomic E-state index is -0.145. The molecule has 0 fully saturated rings. The average molecular weight is 384 g/mol. The van der Waals surface area contributed by atoms with Crippen LogP contribution in [0, 0.1) is 0 Å². The van der Waals surface area contributed by atoms with Gasteiger partial charge >= 0.3 is 0 Å². The maximum atomic E-state index is 13.2. The Morgan fingerprint density at radius 2 is 1.72 bits per heavy atom. The first-order valence-electron chi connectivity index (χ1n) is 9.83. The molecule has 146 valence electrons. The Labute approximate surface area is 170 Å². The topological polar surface area (TPSA) is 59.8 Å². The third-order valence-corrected chi connectivity index (χ3v) is 5.04. The lowest BCUT2D eigenvalue weighted by atomic mass is 10.0. The van der Waals surface area contributed by atoms with Crippen molar-refractivity contribution in [1.82, 2.24) is 14.5 Å². The first-order chi connectivity index (χ1) is 14.1. The molecule has 0 atom stereocenters. The van der Waals surface area contributed by atoms with Crippen LogP contribution >= 0.6 is 0 Å². The molecule has 0 spiro atoms. The molecule has 0 amide bonds. The van der Waals surface area contributed by atoms with Crippen LogP contribution in [0.3, 0.4) is 0 Å². The third kappa shape index (κ3) is 4.19. The van der Waals surface area contributed by atoms with Gasteiger partial charge in [0, 0.05) is 12.7 Å². The van der Waals surface area contributed by atoms with Gasteiger partial charge in [0.05, 0.1) is 23.8 Å². The zero-order valence-electron chi connectivity index (χ0n) is 16.7. The lowest BCUT2D eigenvalue weighted by Crippen LogP contribution is -2.26. The van der Waals surface area contributed by atoms with E-state index in [1.807, 2.05) is 36.4 Å². The van der Waals surface area contributed by atoms with Gasteiger partial charge in [0.2, 0.25) is 0 Å². The second kappa shape index (κ2) is 8.27. The predicted molar refractivity (Wildman–Crippen MR) is 117 cm³/mol. The maximum absolute atomic E-state index is 13.2. The number of pyridine rings is 1. The van der Waals surface area contributed by atoms with Gasteiger partial charge in [-0.2, -0.15) is 0 Å². The van der Waals surface area contributed by atoms with E-state index in [0.717, 1.165) is 22.2 Å². The minimum absolute atomic E-state index is 0.145. The summed E-state index contributed by atoms with van der Waals surface area (Å²) in [4.78, 5) is 21.9. The molecule has 0 radical (unpaired) electrons. The standard InChI is InChI=1S/C24H24N4O/c1-17(2)20-10-8-18(9-11-20)14-26-23-24(29)28(16-19-6-4-3-5-7-19)22-15-25-13-12-21(22)27-23/h3-13,15,17H,14,16H2,1-2H3,(H,26,27). The van der Waals surface area contributed by atoms with Crippen molar-refractivity contribution in [3.8, 4) is 0 Å². The van der Waals surface area contributed by atoms with E-state index in [-0.39, 0.29) is 5.56 Å². The molecule has 0 aliphatic carbocycles. The normalized spacial score (nSPS) is 11.1. The van der Waals surface area contributed by atoms with Gasteiger partial charge in [0.25, 0.3) is 5.56 Å². The van der Waals surface area contributed by atoms with Crippen molar-refractivity contribution in [2.45, 2.75) is 32.9 Å². The van der Waals surface area contributed by atoms with Gasteiger partial charge in [-0.15, -0.1) is 0 Å². The second-order valence-electron chi connectivity index (χ2n) is 7.45. The van der Waals surface area contributed by atoms with E-state index in [1.54, 1.807) is 17.0 Å². The number of hydrogen-bond acceptors (Lipinski definition) is 4. The maximum Gasteiger partial charge on any atom is 0.294 e. The minimum Gasteiger partial charge on any atom is -0.361 e. The molecule has 0 unspecified atom stereocenters. The molecule has 5 nitrogen and oxygen atoms in total. The molecule has 0 bridgehead atoms. The summed E-state index contributed by atoms with van der Waals surface area (Å²) in [7, 11) is 0. The van der Waals surface area contributed by atoms with Crippen LogP contribution in [0.1, 0.15) is 36.5 Å². The van der Waals surface area contributed by atoms with E-state index in [9.17, 15) is 4.79 Å². The van der Waals surface area contributed by atoms with Crippen LogP contribution < -0.4 is 10.9 Å². The fourth-order valence-corrected chi connectivity index (χ4v) is 3.33. The predicted octanol–water partition coefficient (Wildman–Crippen LogP) is 4.58. The van der Waals surface area contributed by atoms with Crippen molar-refractivity contribution in [2.24, 2.45) is 0 Å². The van der Waals surface area contributed by atoms with Gasteiger partial charge in [-0.3, -0.25) is 14.3 Å². The highest BCUT2D eigenvalue weighted by molar-refractivity contribution is 5.75. The first kappa shape index (κ1) is 18.9. The van der Waals surface area contributed by atoms with E-state index in [4.69, 9.17) is 0 Å². The molecule has 2 aromatic carbocycles. The Morgan fingerprint density at radius 3 is 2.45 bits per heavy atom. The van der Waals surface area contributed by atoms with Gasteiger partial charge in [-0.05, 0) is 28.7 Å². The third-order valence-electron chi connectivity index (χ3n) is 5.04. The van der Waals surface area contributed by atoms with Crippen molar-refractivity contribution in [1.29, 1.82) is 0 Å². The summed E-state index contributed by atoms with van der Waals surface area (Å²) in [6.07, 6.45) is 3.39. The van der Waals surface area contributed by atoms with Crippen LogP contribution in [0.4, 0.5) is 5.82 Å². The molecular formula is C24H24N4O. The largest absolute Gasteiger partial charge is 0.361 e. The van der Waals surface area contributed by atoms with Gasteiger partial charge in [-0.25, -0.2) is 4.98 Å². The zero-order chi connectivity index (χ0) is 20.2. The molecule has 29 heavy (non-hydrogen) atoms. The smallest absolute Gasteiger partial charge is 0.294 e. The monoisotopic (exact) mass is 384 g/mol. The fourth-order valence-electron chi connectivity index (χ4n) is 3.33. The summed E-state index contributed by atoms with van der Waals surface area (Å²) in [6, 6.07) is 20.2. The van der Waals surface area contributed by atoms with Crippen molar-refractivity contribution < 1.29 is 0 Å². The Balaban J connectivity index is 1.65. The lowest BCUT2D eigenvalue weighted by Gasteiger charge is -2.13. The molecule has 5 heteroatoms. The van der Waals surface area contributed by atoms with Crippen LogP contribution in [0.5, 0.6) is 0 Å². The summed E-state index contributed by atoms with van der Waals surface area (Å²) < 4.78 is 1.73. The molecule has 0 aliphatic rings. The van der Waals surface area contributed by atoms with Gasteiger partial charge in [0.15, 0.2) is 5.82 Å². The number of nitrogens with one attached hydrogen (secondary N) is 1. The molecule has 1 N–H and O–H groups in total. The van der Waals surface area contributed by atoms with Crippen LogP contribution in [0.15, 0.2) is 77.9 Å². The zero-order valence-corrected chi connectivity index (χ0v) is 16.7. The summed E-state index contributed by atoms with van der Waals surface area (Å²) >= 11 is 0. The summed E-state index contributed by atoms with van der Waals surface area (Å²) in [5.41, 5.74) is 4.80. The van der Waals surface area contributed by atoms with E-state index >= 15 is 0 Å². The molecule has 0 saturated heterocycles. The summed E-state index contributed by atoms with van der Waals surface area (Å²) in [5, 5.41) is 3.23. The van der Waals surface area contributed by atoms with Crippen molar-refractivity contribution in [3.63, 3.8) is 0 Å². The van der Waals surface area contributed by atoms with E-state index in [1.165, 1.54) is 5.56 Å². The van der Waals surface area contributed by atoms with Crippen LogP contribution in [-0.2, 0) is 13.1 Å². The van der Waals surface area contributed by atoms with Gasteiger partial charge in [0.1, 0.15) is 0 Å². The second-order valence-corrected chi connectivity index (χ2v) is 7.45. The lowest BCUT2D eigenvalue weighted by molar-refractivity contribution is 0.785. The number of anilines is 1. The molecule has 2 aromatic heterocycles. The van der Waals surface area contributed by atoms with Gasteiger partial charge in [-0.1, -0.05) is 68.4 Å². The molecule has 2 heterocycles. The number of hydrogen-bond donors (Lipinski definition) is 1. The first-order valence-corrected chi connectivity index (χ1v) is 9.83. The highest BCUT2D eigenvalue weighted by Gasteiger charge is 2.12. The number of benzene rings is 2. The van der Waals surface area contributed by atoms with Crippen LogP contribution in [-0.4, -0.2) is 14.5 Å². The molecule has 4 rings (SSSR count). The fraction of sp³-hybridized carbons (Fsp3) is 0.208. The molecular weight excluding hydrogens is 360 g/mol. The highest BCUT2D eigenvalue weighted by Crippen LogP contribution is 2.16. The summed E-state index contributed by atoms with van der Waals surface area (Å²) in [6.45, 7) is 5.37. The Kier molecular flexibility index (Phi) is 5.38. The SMILES string of the molecule is CC(C)c1ccc(CNc2nc3ccncc3n(Cc3ccccc3)c2=O)cc1. The quantitative estimate of drug-likeness (QED) is 0.529. The molecule has 4 aromatic rings. The number of fused-ring (bicyclic) bond motifs is 1. The van der Waals surface area contributed by atoms with Crippen molar-refractivity contribution >= 4 is 16.9 Å².